The normalized spacial score (nSPS) is 28.7. The Bertz CT molecular complexity index is 1680. The van der Waals surface area contributed by atoms with Crippen LogP contribution in [0.15, 0.2) is 42.5 Å². The number of amides is 4. The van der Waals surface area contributed by atoms with Crippen LogP contribution in [-0.2, 0) is 36.1 Å². The maximum absolute atomic E-state index is 16.5. The summed E-state index contributed by atoms with van der Waals surface area (Å²) in [7, 11) is -3.53. The summed E-state index contributed by atoms with van der Waals surface area (Å²) in [4.78, 5) is 61.5. The van der Waals surface area contributed by atoms with E-state index >= 15 is 8.90 Å². The van der Waals surface area contributed by atoms with Gasteiger partial charge in [-0.1, -0.05) is 19.1 Å². The standard InChI is InChI=1S/C38H49FN4O6Si/c1-25-36(50(2,3)39)32(22-35(47)42-19-9-12-29(42)24-44)49-38(25)30-21-28(41-18-7-5-14-34(41)46)15-16-31(30)43(37(38)48)23-26-10-8-11-27(20-26)40-17-6-4-13-33(40)45/h8,10-11,15-16,20-21,25,29,32,36,44H,4-7,9,12-14,17-19,22-24H2,1-3H3/t25-,29-,32+,36-,38+/m0/s1. The van der Waals surface area contributed by atoms with E-state index in [9.17, 15) is 19.5 Å². The van der Waals surface area contributed by atoms with Crippen molar-refractivity contribution in [3.05, 3.63) is 53.6 Å². The van der Waals surface area contributed by atoms with Crippen LogP contribution in [0.4, 0.5) is 21.2 Å². The molecule has 4 saturated heterocycles. The number of ether oxygens (including phenoxy) is 1. The van der Waals surface area contributed by atoms with Crippen molar-refractivity contribution in [1.29, 1.82) is 0 Å². The SMILES string of the molecule is C[C@H]1[C@H]([Si](C)(C)F)[C@@H](CC(=O)N2CCC[C@H]2CO)O[C@]12C(=O)N(Cc1cccc(N3CCCCC3=O)c1)c1ccc(N3CCCCC3=O)cc12. The Kier molecular flexibility index (Phi) is 9.40. The molecule has 0 aliphatic carbocycles. The molecule has 2 aromatic rings. The maximum atomic E-state index is 16.5. The van der Waals surface area contributed by atoms with Crippen LogP contribution in [0.25, 0.3) is 0 Å². The number of carbonyl (C=O) groups excluding carboxylic acids is 4. The Morgan fingerprint density at radius 2 is 1.62 bits per heavy atom. The number of anilines is 3. The highest BCUT2D eigenvalue weighted by atomic mass is 28.4. The van der Waals surface area contributed by atoms with Crippen LogP contribution in [0.2, 0.25) is 18.6 Å². The number of hydrogen-bond donors (Lipinski definition) is 1. The lowest BCUT2D eigenvalue weighted by Crippen LogP contribution is -2.45. The fourth-order valence-corrected chi connectivity index (χ4v) is 11.9. The summed E-state index contributed by atoms with van der Waals surface area (Å²) in [5.74, 6) is -0.988. The zero-order valence-corrected chi connectivity index (χ0v) is 30.4. The molecule has 4 amide bonds. The first kappa shape index (κ1) is 34.8. The van der Waals surface area contributed by atoms with E-state index in [1.807, 2.05) is 49.4 Å². The predicted octanol–water partition coefficient (Wildman–Crippen LogP) is 5.42. The van der Waals surface area contributed by atoms with E-state index in [2.05, 4.69) is 0 Å². The Morgan fingerprint density at radius 3 is 2.26 bits per heavy atom. The fraction of sp³-hybridized carbons (Fsp3) is 0.579. The Hall–Kier alpha value is -3.61. The largest absolute Gasteiger partial charge is 0.394 e. The third-order valence-corrected chi connectivity index (χ3v) is 14.2. The maximum Gasteiger partial charge on any atom is 0.264 e. The quantitative estimate of drug-likeness (QED) is 0.291. The molecular weight excluding hydrogens is 656 g/mol. The molecule has 12 heteroatoms. The van der Waals surface area contributed by atoms with Crippen molar-refractivity contribution in [3.8, 4) is 0 Å². The summed E-state index contributed by atoms with van der Waals surface area (Å²) in [5, 5.41) is 9.91. The summed E-state index contributed by atoms with van der Waals surface area (Å²) in [6.45, 7) is 6.96. The molecule has 1 spiro atoms. The number of aliphatic hydroxyl groups is 1. The van der Waals surface area contributed by atoms with Crippen LogP contribution >= 0.6 is 0 Å². The van der Waals surface area contributed by atoms with Gasteiger partial charge < -0.3 is 33.6 Å². The first-order valence-corrected chi connectivity index (χ1v) is 21.3. The molecule has 10 nitrogen and oxygen atoms in total. The van der Waals surface area contributed by atoms with Gasteiger partial charge in [-0.2, -0.15) is 0 Å². The second-order valence-electron chi connectivity index (χ2n) is 15.3. The molecule has 1 N–H and O–H groups in total. The molecule has 4 fully saturated rings. The van der Waals surface area contributed by atoms with Crippen molar-refractivity contribution in [2.24, 2.45) is 5.92 Å². The molecule has 268 valence electrons. The molecular formula is C38H49FN4O6Si. The second-order valence-corrected chi connectivity index (χ2v) is 19.1. The van der Waals surface area contributed by atoms with E-state index in [0.717, 1.165) is 43.4 Å². The van der Waals surface area contributed by atoms with E-state index in [1.54, 1.807) is 32.7 Å². The van der Waals surface area contributed by atoms with Gasteiger partial charge >= 0.3 is 0 Å². The van der Waals surface area contributed by atoms with Crippen LogP contribution in [0.1, 0.15) is 75.8 Å². The van der Waals surface area contributed by atoms with Gasteiger partial charge in [-0.05, 0) is 87.5 Å². The number of benzene rings is 2. The van der Waals surface area contributed by atoms with Gasteiger partial charge in [0.25, 0.3) is 5.91 Å². The number of halogens is 1. The first-order valence-electron chi connectivity index (χ1n) is 18.4. The number of nitrogens with zero attached hydrogens (tertiary/aromatic N) is 4. The molecule has 2 aromatic carbocycles. The highest BCUT2D eigenvalue weighted by Gasteiger charge is 2.67. The van der Waals surface area contributed by atoms with Gasteiger partial charge in [0, 0.05) is 60.9 Å². The minimum atomic E-state index is -3.53. The minimum absolute atomic E-state index is 0.0265. The second kappa shape index (κ2) is 13.5. The van der Waals surface area contributed by atoms with Crippen LogP contribution in [0.3, 0.4) is 0 Å². The van der Waals surface area contributed by atoms with Crippen molar-refractivity contribution >= 4 is 49.1 Å². The predicted molar refractivity (Wildman–Crippen MR) is 191 cm³/mol. The lowest BCUT2D eigenvalue weighted by atomic mass is 9.82. The Balaban J connectivity index is 1.28. The van der Waals surface area contributed by atoms with E-state index in [1.165, 1.54) is 0 Å². The van der Waals surface area contributed by atoms with Gasteiger partial charge in [-0.25, -0.2) is 0 Å². The average Bonchev–Trinajstić information content (AvgIpc) is 3.75. The van der Waals surface area contributed by atoms with Crippen LogP contribution in [-0.4, -0.2) is 80.4 Å². The molecule has 5 aliphatic heterocycles. The number of fused-ring (bicyclic) bond motifs is 2. The zero-order chi connectivity index (χ0) is 35.4. The van der Waals surface area contributed by atoms with Gasteiger partial charge in [0.1, 0.15) is 0 Å². The molecule has 5 heterocycles. The van der Waals surface area contributed by atoms with Crippen molar-refractivity contribution in [3.63, 3.8) is 0 Å². The average molecular weight is 705 g/mol. The molecule has 7 rings (SSSR count). The van der Waals surface area contributed by atoms with Crippen molar-refractivity contribution in [1.82, 2.24) is 4.90 Å². The highest BCUT2D eigenvalue weighted by Crippen LogP contribution is 2.61. The number of rotatable bonds is 8. The summed E-state index contributed by atoms with van der Waals surface area (Å²) >= 11 is 0. The smallest absolute Gasteiger partial charge is 0.264 e. The lowest BCUT2D eigenvalue weighted by molar-refractivity contribution is -0.150. The topological polar surface area (TPSA) is 111 Å². The third-order valence-electron chi connectivity index (χ3n) is 11.7. The van der Waals surface area contributed by atoms with Crippen LogP contribution < -0.4 is 14.7 Å². The Labute approximate surface area is 294 Å². The van der Waals surface area contributed by atoms with Gasteiger partial charge in [0.05, 0.1) is 37.4 Å². The first-order chi connectivity index (χ1) is 23.9. The summed E-state index contributed by atoms with van der Waals surface area (Å²) < 4.78 is 23.4. The van der Waals surface area contributed by atoms with Crippen molar-refractivity contribution in [2.45, 2.75) is 108 Å². The molecule has 5 atom stereocenters. The summed E-state index contributed by atoms with van der Waals surface area (Å²) in [6, 6.07) is 13.1. The molecule has 50 heavy (non-hydrogen) atoms. The number of aliphatic hydroxyl groups excluding tert-OH is 1. The van der Waals surface area contributed by atoms with E-state index in [4.69, 9.17) is 4.74 Å². The number of piperidine rings is 2. The Morgan fingerprint density at radius 1 is 0.940 bits per heavy atom. The molecule has 0 bridgehead atoms. The highest BCUT2D eigenvalue weighted by molar-refractivity contribution is 6.72. The molecule has 0 aromatic heterocycles. The monoisotopic (exact) mass is 704 g/mol. The summed E-state index contributed by atoms with van der Waals surface area (Å²) in [5.41, 5.74) is 1.33. The number of likely N-dealkylation sites (tertiary alicyclic amines) is 1. The van der Waals surface area contributed by atoms with Crippen molar-refractivity contribution in [2.75, 3.05) is 40.9 Å². The minimum Gasteiger partial charge on any atom is -0.394 e. The van der Waals surface area contributed by atoms with Crippen LogP contribution in [0, 0.1) is 5.92 Å². The van der Waals surface area contributed by atoms with E-state index in [0.29, 0.717) is 55.8 Å². The summed E-state index contributed by atoms with van der Waals surface area (Å²) in [6.07, 6.45) is 5.09. The molecule has 0 radical (unpaired) electrons. The van der Waals surface area contributed by atoms with Gasteiger partial charge in [0.2, 0.25) is 26.1 Å². The van der Waals surface area contributed by atoms with Crippen molar-refractivity contribution < 1.29 is 33.1 Å². The molecule has 0 unspecified atom stereocenters. The van der Waals surface area contributed by atoms with Gasteiger partial charge in [-0.15, -0.1) is 0 Å². The van der Waals surface area contributed by atoms with E-state index < -0.39 is 31.6 Å². The zero-order valence-electron chi connectivity index (χ0n) is 29.4. The van der Waals surface area contributed by atoms with Gasteiger partial charge in [-0.3, -0.25) is 19.2 Å². The number of hydrogen-bond acceptors (Lipinski definition) is 6. The van der Waals surface area contributed by atoms with E-state index in [-0.39, 0.29) is 49.2 Å². The molecule has 0 saturated carbocycles. The third kappa shape index (κ3) is 5.96. The number of carbonyl (C=O) groups is 4. The van der Waals surface area contributed by atoms with Gasteiger partial charge in [0.15, 0.2) is 5.60 Å². The fourth-order valence-electron chi connectivity index (χ4n) is 9.37. The lowest BCUT2D eigenvalue weighted by Gasteiger charge is -2.32. The molecule has 5 aliphatic rings. The van der Waals surface area contributed by atoms with Crippen LogP contribution in [0.5, 0.6) is 0 Å².